The lowest BCUT2D eigenvalue weighted by atomic mass is 10.9. The summed E-state index contributed by atoms with van der Waals surface area (Å²) in [5, 5.41) is 0. The molecular formula is C3H7ClOS. The van der Waals surface area contributed by atoms with Crippen LogP contribution in [0.25, 0.3) is 0 Å². The molecule has 0 saturated carbocycles. The van der Waals surface area contributed by atoms with E-state index in [1.165, 1.54) is 0 Å². The third-order valence-electron chi connectivity index (χ3n) is 0.313. The molecule has 0 aromatic rings. The SMILES string of the molecule is SCOCCCl. The summed E-state index contributed by atoms with van der Waals surface area (Å²) >= 11 is 9.00. The molecule has 0 aromatic heterocycles. The highest BCUT2D eigenvalue weighted by atomic mass is 35.5. The molecule has 0 bridgehead atoms. The summed E-state index contributed by atoms with van der Waals surface area (Å²) in [6.45, 7) is 0.602. The normalized spacial score (nSPS) is 9.00. The molecule has 0 aliphatic carbocycles. The Morgan fingerprint density at radius 3 is 2.50 bits per heavy atom. The topological polar surface area (TPSA) is 9.23 Å². The quantitative estimate of drug-likeness (QED) is 0.258. The van der Waals surface area contributed by atoms with Gasteiger partial charge in [0.25, 0.3) is 0 Å². The Morgan fingerprint density at radius 2 is 2.33 bits per heavy atom. The van der Waals surface area contributed by atoms with Crippen molar-refractivity contribution in [3.05, 3.63) is 0 Å². The predicted octanol–water partition coefficient (Wildman–Crippen LogP) is 1.13. The highest BCUT2D eigenvalue weighted by Gasteiger charge is 1.74. The van der Waals surface area contributed by atoms with Crippen LogP contribution in [0.4, 0.5) is 0 Å². The Morgan fingerprint density at radius 1 is 1.67 bits per heavy atom. The summed E-state index contributed by atoms with van der Waals surface area (Å²) < 4.78 is 4.71. The fourth-order valence-corrected chi connectivity index (χ4v) is 0.357. The van der Waals surface area contributed by atoms with Crippen molar-refractivity contribution in [1.82, 2.24) is 0 Å². The maximum absolute atomic E-state index is 5.22. The molecule has 0 fully saturated rings. The molecule has 0 saturated heterocycles. The van der Waals surface area contributed by atoms with Crippen LogP contribution in [0.2, 0.25) is 0 Å². The first-order valence-electron chi connectivity index (χ1n) is 1.66. The molecule has 0 unspecified atom stereocenters. The first kappa shape index (κ1) is 6.60. The smallest absolute Gasteiger partial charge is 0.0893 e. The van der Waals surface area contributed by atoms with Crippen LogP contribution in [0, 0.1) is 0 Å². The maximum Gasteiger partial charge on any atom is 0.0893 e. The third kappa shape index (κ3) is 4.60. The minimum Gasteiger partial charge on any atom is -0.370 e. The predicted molar refractivity (Wildman–Crippen MR) is 30.5 cm³/mol. The molecule has 0 atom stereocenters. The van der Waals surface area contributed by atoms with E-state index >= 15 is 0 Å². The maximum atomic E-state index is 5.22. The number of thiol groups is 1. The second-order valence-electron chi connectivity index (χ2n) is 0.726. The van der Waals surface area contributed by atoms with Crippen molar-refractivity contribution in [2.45, 2.75) is 0 Å². The number of halogens is 1. The van der Waals surface area contributed by atoms with Gasteiger partial charge in [0, 0.05) is 5.88 Å². The summed E-state index contributed by atoms with van der Waals surface area (Å²) in [4.78, 5) is 0. The van der Waals surface area contributed by atoms with Gasteiger partial charge in [-0.3, -0.25) is 0 Å². The van der Waals surface area contributed by atoms with Crippen molar-refractivity contribution in [1.29, 1.82) is 0 Å². The molecule has 0 N–H and O–H groups in total. The van der Waals surface area contributed by atoms with Crippen LogP contribution < -0.4 is 0 Å². The molecule has 1 nitrogen and oxygen atoms in total. The summed E-state index contributed by atoms with van der Waals surface area (Å²) in [7, 11) is 0. The lowest BCUT2D eigenvalue weighted by molar-refractivity contribution is 0.202. The Hall–Kier alpha value is 0.600. The lowest BCUT2D eigenvalue weighted by Crippen LogP contribution is -1.90. The van der Waals surface area contributed by atoms with Gasteiger partial charge in [0.05, 0.1) is 12.5 Å². The first-order valence-corrected chi connectivity index (χ1v) is 2.83. The van der Waals surface area contributed by atoms with E-state index in [1.54, 1.807) is 0 Å². The average molecular weight is 127 g/mol. The van der Waals surface area contributed by atoms with Gasteiger partial charge < -0.3 is 4.74 Å². The standard InChI is InChI=1S/C3H7ClOS/c4-1-2-5-3-6/h6H,1-3H2. The van der Waals surface area contributed by atoms with Crippen LogP contribution in [0.5, 0.6) is 0 Å². The second kappa shape index (κ2) is 5.60. The molecule has 0 aromatic carbocycles. The monoisotopic (exact) mass is 126 g/mol. The lowest BCUT2D eigenvalue weighted by Gasteiger charge is -1.89. The highest BCUT2D eigenvalue weighted by molar-refractivity contribution is 7.80. The highest BCUT2D eigenvalue weighted by Crippen LogP contribution is 1.79. The molecule has 0 heterocycles. The van der Waals surface area contributed by atoms with Gasteiger partial charge in [-0.05, 0) is 0 Å². The molecule has 38 valence electrons. The Balaban J connectivity index is 2.34. The van der Waals surface area contributed by atoms with E-state index in [0.717, 1.165) is 0 Å². The summed E-state index contributed by atoms with van der Waals surface area (Å²) in [5.41, 5.74) is 0. The number of hydrogen-bond donors (Lipinski definition) is 1. The van der Waals surface area contributed by atoms with Crippen molar-refractivity contribution >= 4 is 24.2 Å². The minimum absolute atomic E-state index is 0.465. The fraction of sp³-hybridized carbons (Fsp3) is 1.00. The number of hydrogen-bond acceptors (Lipinski definition) is 2. The van der Waals surface area contributed by atoms with Gasteiger partial charge in [-0.25, -0.2) is 0 Å². The Kier molecular flexibility index (Phi) is 6.16. The number of rotatable bonds is 3. The summed E-state index contributed by atoms with van der Waals surface area (Å²) in [6.07, 6.45) is 0. The molecule has 3 heteroatoms. The molecule has 6 heavy (non-hydrogen) atoms. The van der Waals surface area contributed by atoms with Crippen molar-refractivity contribution in [3.63, 3.8) is 0 Å². The van der Waals surface area contributed by atoms with Gasteiger partial charge in [0.15, 0.2) is 0 Å². The first-order chi connectivity index (χ1) is 2.91. The zero-order valence-corrected chi connectivity index (χ0v) is 5.01. The molecule has 0 aliphatic heterocycles. The zero-order valence-electron chi connectivity index (χ0n) is 3.35. The molecule has 0 radical (unpaired) electrons. The second-order valence-corrected chi connectivity index (χ2v) is 1.36. The Labute approximate surface area is 48.0 Å². The molecule has 0 aliphatic rings. The zero-order chi connectivity index (χ0) is 4.83. The van der Waals surface area contributed by atoms with E-state index in [2.05, 4.69) is 12.6 Å². The Bertz CT molecular complexity index is 22.8. The minimum atomic E-state index is 0.465. The van der Waals surface area contributed by atoms with E-state index in [9.17, 15) is 0 Å². The largest absolute Gasteiger partial charge is 0.370 e. The summed E-state index contributed by atoms with van der Waals surface area (Å²) in [5.74, 6) is 1.02. The average Bonchev–Trinajstić information content (AvgIpc) is 1.61. The van der Waals surface area contributed by atoms with Gasteiger partial charge in [-0.1, -0.05) is 0 Å². The molecule has 0 rings (SSSR count). The van der Waals surface area contributed by atoms with Crippen LogP contribution in [-0.4, -0.2) is 18.4 Å². The number of alkyl halides is 1. The number of ether oxygens (including phenoxy) is 1. The van der Waals surface area contributed by atoms with Crippen LogP contribution in [0.3, 0.4) is 0 Å². The van der Waals surface area contributed by atoms with Crippen molar-refractivity contribution in [2.24, 2.45) is 0 Å². The van der Waals surface area contributed by atoms with E-state index in [1.807, 2.05) is 0 Å². The molecular weight excluding hydrogens is 120 g/mol. The van der Waals surface area contributed by atoms with Crippen LogP contribution in [-0.2, 0) is 4.74 Å². The van der Waals surface area contributed by atoms with Crippen LogP contribution in [0.15, 0.2) is 0 Å². The van der Waals surface area contributed by atoms with E-state index in [-0.39, 0.29) is 0 Å². The van der Waals surface area contributed by atoms with E-state index in [0.29, 0.717) is 18.4 Å². The van der Waals surface area contributed by atoms with E-state index < -0.39 is 0 Å². The van der Waals surface area contributed by atoms with Gasteiger partial charge in [-0.15, -0.1) is 11.6 Å². The fourth-order valence-electron chi connectivity index (χ4n) is 0.119. The van der Waals surface area contributed by atoms with Crippen molar-refractivity contribution in [2.75, 3.05) is 18.4 Å². The van der Waals surface area contributed by atoms with E-state index in [4.69, 9.17) is 16.3 Å². The molecule has 0 spiro atoms. The van der Waals surface area contributed by atoms with Gasteiger partial charge in [0.2, 0.25) is 0 Å². The van der Waals surface area contributed by atoms with Crippen LogP contribution >= 0.6 is 24.2 Å². The van der Waals surface area contributed by atoms with Crippen molar-refractivity contribution < 1.29 is 4.74 Å². The third-order valence-corrected chi connectivity index (χ3v) is 0.650. The summed E-state index contributed by atoms with van der Waals surface area (Å²) in [6, 6.07) is 0. The van der Waals surface area contributed by atoms with Gasteiger partial charge in [0.1, 0.15) is 0 Å². The molecule has 0 amide bonds. The van der Waals surface area contributed by atoms with Gasteiger partial charge in [-0.2, -0.15) is 12.6 Å². The van der Waals surface area contributed by atoms with Crippen molar-refractivity contribution in [3.8, 4) is 0 Å². The van der Waals surface area contributed by atoms with Gasteiger partial charge >= 0.3 is 0 Å². The van der Waals surface area contributed by atoms with Crippen LogP contribution in [0.1, 0.15) is 0 Å².